The van der Waals surface area contributed by atoms with E-state index in [0.29, 0.717) is 6.61 Å². The van der Waals surface area contributed by atoms with E-state index in [4.69, 9.17) is 9.73 Å². The van der Waals surface area contributed by atoms with Crippen molar-refractivity contribution >= 4 is 35.6 Å². The summed E-state index contributed by atoms with van der Waals surface area (Å²) >= 11 is 0. The number of aliphatic imine (C=N–C) groups is 1. The summed E-state index contributed by atoms with van der Waals surface area (Å²) in [5, 5.41) is 6.68. The first kappa shape index (κ1) is 25.0. The van der Waals surface area contributed by atoms with Crippen LogP contribution in [0.4, 0.5) is 5.69 Å². The SMILES string of the molecule is CCNC(=NCCCN1CCN(c2cccc(C)c2)CC1)NC(C)COC.I. The summed E-state index contributed by atoms with van der Waals surface area (Å²) in [5.74, 6) is 0.881. The van der Waals surface area contributed by atoms with Crippen molar-refractivity contribution in [3.05, 3.63) is 29.8 Å². The van der Waals surface area contributed by atoms with E-state index in [-0.39, 0.29) is 30.0 Å². The number of anilines is 1. The monoisotopic (exact) mass is 503 g/mol. The van der Waals surface area contributed by atoms with Crippen molar-refractivity contribution in [1.82, 2.24) is 15.5 Å². The van der Waals surface area contributed by atoms with Gasteiger partial charge in [-0.25, -0.2) is 0 Å². The van der Waals surface area contributed by atoms with Crippen LogP contribution in [0.1, 0.15) is 25.8 Å². The van der Waals surface area contributed by atoms with Crippen LogP contribution in [-0.2, 0) is 4.74 Å². The first-order valence-corrected chi connectivity index (χ1v) is 10.2. The Balaban J connectivity index is 0.00000392. The molecule has 1 aliphatic heterocycles. The minimum Gasteiger partial charge on any atom is -0.383 e. The summed E-state index contributed by atoms with van der Waals surface area (Å²) in [6.45, 7) is 14.3. The molecule has 0 aromatic heterocycles. The molecule has 0 amide bonds. The summed E-state index contributed by atoms with van der Waals surface area (Å²) in [7, 11) is 1.72. The highest BCUT2D eigenvalue weighted by atomic mass is 127. The zero-order chi connectivity index (χ0) is 19.5. The Bertz CT molecular complexity index is 576. The molecule has 2 N–H and O–H groups in total. The van der Waals surface area contributed by atoms with Gasteiger partial charge in [-0.3, -0.25) is 9.89 Å². The van der Waals surface area contributed by atoms with E-state index in [1.807, 2.05) is 0 Å². The largest absolute Gasteiger partial charge is 0.383 e. The van der Waals surface area contributed by atoms with Crippen molar-refractivity contribution < 1.29 is 4.74 Å². The molecule has 1 aliphatic rings. The molecule has 1 fully saturated rings. The fourth-order valence-corrected chi connectivity index (χ4v) is 3.38. The van der Waals surface area contributed by atoms with Crippen LogP contribution < -0.4 is 15.5 Å². The molecule has 28 heavy (non-hydrogen) atoms. The van der Waals surface area contributed by atoms with Gasteiger partial charge in [0.15, 0.2) is 5.96 Å². The highest BCUT2D eigenvalue weighted by Gasteiger charge is 2.16. The molecule has 1 aromatic carbocycles. The second-order valence-corrected chi connectivity index (χ2v) is 7.28. The number of guanidine groups is 1. The fraction of sp³-hybridized carbons (Fsp3) is 0.667. The third-order valence-corrected chi connectivity index (χ3v) is 4.79. The Labute approximate surface area is 188 Å². The Kier molecular flexibility index (Phi) is 12.5. The van der Waals surface area contributed by atoms with Crippen molar-refractivity contribution in [2.24, 2.45) is 4.99 Å². The highest BCUT2D eigenvalue weighted by molar-refractivity contribution is 14.0. The van der Waals surface area contributed by atoms with Crippen molar-refractivity contribution in [3.8, 4) is 0 Å². The summed E-state index contributed by atoms with van der Waals surface area (Å²) in [5.41, 5.74) is 2.68. The Morgan fingerprint density at radius 2 is 2.00 bits per heavy atom. The van der Waals surface area contributed by atoms with Gasteiger partial charge in [-0.15, -0.1) is 24.0 Å². The number of benzene rings is 1. The molecule has 0 bridgehead atoms. The third kappa shape index (κ3) is 8.96. The summed E-state index contributed by atoms with van der Waals surface area (Å²) < 4.78 is 5.18. The molecular formula is C21H38IN5O. The molecule has 6 nitrogen and oxygen atoms in total. The smallest absolute Gasteiger partial charge is 0.191 e. The summed E-state index contributed by atoms with van der Waals surface area (Å²) in [4.78, 5) is 9.74. The molecule has 7 heteroatoms. The number of nitrogens with zero attached hydrogens (tertiary/aromatic N) is 3. The maximum absolute atomic E-state index is 5.18. The number of hydrogen-bond donors (Lipinski definition) is 2. The molecular weight excluding hydrogens is 465 g/mol. The number of halogens is 1. The van der Waals surface area contributed by atoms with Gasteiger partial charge in [-0.05, 0) is 44.9 Å². The molecule has 0 radical (unpaired) electrons. The van der Waals surface area contributed by atoms with Crippen LogP contribution in [0.3, 0.4) is 0 Å². The molecule has 2 rings (SSSR count). The predicted molar refractivity (Wildman–Crippen MR) is 130 cm³/mol. The van der Waals surface area contributed by atoms with Crippen molar-refractivity contribution in [1.29, 1.82) is 0 Å². The minimum atomic E-state index is 0. The molecule has 1 saturated heterocycles. The number of ether oxygens (including phenoxy) is 1. The maximum atomic E-state index is 5.18. The topological polar surface area (TPSA) is 52.1 Å². The quantitative estimate of drug-likeness (QED) is 0.235. The predicted octanol–water partition coefficient (Wildman–Crippen LogP) is 2.72. The number of rotatable bonds is 9. The Hall–Kier alpha value is -1.06. The van der Waals surface area contributed by atoms with Gasteiger partial charge in [-0.1, -0.05) is 12.1 Å². The van der Waals surface area contributed by atoms with Gasteiger partial charge in [0, 0.05) is 64.7 Å². The number of hydrogen-bond acceptors (Lipinski definition) is 4. The molecule has 0 spiro atoms. The molecule has 1 aromatic rings. The summed E-state index contributed by atoms with van der Waals surface area (Å²) in [6.07, 6.45) is 1.08. The normalized spacial score (nSPS) is 16.4. The third-order valence-electron chi connectivity index (χ3n) is 4.79. The summed E-state index contributed by atoms with van der Waals surface area (Å²) in [6, 6.07) is 9.06. The highest BCUT2D eigenvalue weighted by Crippen LogP contribution is 2.17. The van der Waals surface area contributed by atoms with Gasteiger partial charge in [0.2, 0.25) is 0 Å². The molecule has 0 saturated carbocycles. The first-order chi connectivity index (χ1) is 13.1. The van der Waals surface area contributed by atoms with Crippen LogP contribution in [0.5, 0.6) is 0 Å². The Morgan fingerprint density at radius 3 is 2.64 bits per heavy atom. The number of nitrogens with one attached hydrogen (secondary N) is 2. The molecule has 1 atom stereocenters. The van der Waals surface area contributed by atoms with Gasteiger partial charge in [0.1, 0.15) is 0 Å². The Morgan fingerprint density at radius 1 is 1.25 bits per heavy atom. The van der Waals surface area contributed by atoms with Gasteiger partial charge in [0.05, 0.1) is 6.61 Å². The van der Waals surface area contributed by atoms with Gasteiger partial charge in [0.25, 0.3) is 0 Å². The zero-order valence-electron chi connectivity index (χ0n) is 17.9. The lowest BCUT2D eigenvalue weighted by molar-refractivity contribution is 0.179. The second-order valence-electron chi connectivity index (χ2n) is 7.28. The lowest BCUT2D eigenvalue weighted by Crippen LogP contribution is -2.47. The number of aryl methyl sites for hydroxylation is 1. The average Bonchev–Trinajstić information content (AvgIpc) is 2.66. The van der Waals surface area contributed by atoms with E-state index in [2.05, 4.69) is 65.5 Å². The van der Waals surface area contributed by atoms with Crippen LogP contribution >= 0.6 is 24.0 Å². The van der Waals surface area contributed by atoms with E-state index in [1.165, 1.54) is 11.3 Å². The van der Waals surface area contributed by atoms with Gasteiger partial charge < -0.3 is 20.3 Å². The van der Waals surface area contributed by atoms with Crippen molar-refractivity contribution in [2.75, 3.05) is 64.4 Å². The van der Waals surface area contributed by atoms with Crippen LogP contribution in [0.25, 0.3) is 0 Å². The van der Waals surface area contributed by atoms with Crippen LogP contribution in [0.2, 0.25) is 0 Å². The van der Waals surface area contributed by atoms with Crippen molar-refractivity contribution in [3.63, 3.8) is 0 Å². The first-order valence-electron chi connectivity index (χ1n) is 10.2. The van der Waals surface area contributed by atoms with Crippen LogP contribution in [0.15, 0.2) is 29.3 Å². The molecule has 1 unspecified atom stereocenters. The average molecular weight is 503 g/mol. The minimum absolute atomic E-state index is 0. The maximum Gasteiger partial charge on any atom is 0.191 e. The van der Waals surface area contributed by atoms with E-state index in [1.54, 1.807) is 7.11 Å². The van der Waals surface area contributed by atoms with Crippen molar-refractivity contribution in [2.45, 2.75) is 33.2 Å². The van der Waals surface area contributed by atoms with E-state index >= 15 is 0 Å². The fourth-order valence-electron chi connectivity index (χ4n) is 3.38. The number of methoxy groups -OCH3 is 1. The lowest BCUT2D eigenvalue weighted by Gasteiger charge is -2.36. The lowest BCUT2D eigenvalue weighted by atomic mass is 10.2. The van der Waals surface area contributed by atoms with Gasteiger partial charge in [-0.2, -0.15) is 0 Å². The van der Waals surface area contributed by atoms with Gasteiger partial charge >= 0.3 is 0 Å². The van der Waals surface area contributed by atoms with E-state index in [9.17, 15) is 0 Å². The second kappa shape index (κ2) is 14.0. The van der Waals surface area contributed by atoms with Crippen LogP contribution in [0, 0.1) is 6.92 Å². The van der Waals surface area contributed by atoms with E-state index < -0.39 is 0 Å². The van der Waals surface area contributed by atoms with E-state index in [0.717, 1.165) is 58.2 Å². The van der Waals surface area contributed by atoms with Crippen LogP contribution in [-0.4, -0.2) is 76.4 Å². The molecule has 0 aliphatic carbocycles. The molecule has 160 valence electrons. The number of piperazine rings is 1. The zero-order valence-corrected chi connectivity index (χ0v) is 20.2. The standard InChI is InChI=1S/C21H37N5O.HI/c1-5-22-21(24-19(3)17-27-4)23-10-7-11-25-12-14-26(15-13-25)20-9-6-8-18(2)16-20;/h6,8-9,16,19H,5,7,10-15,17H2,1-4H3,(H2,22,23,24);1H. The molecule has 1 heterocycles.